The molecule has 1 saturated heterocycles. The second-order valence-corrected chi connectivity index (χ2v) is 7.02. The number of fused-ring (bicyclic) bond motifs is 1. The normalized spacial score (nSPS) is 18.0. The van der Waals surface area contributed by atoms with Crippen LogP contribution in [-0.4, -0.2) is 43.8 Å². The van der Waals surface area contributed by atoms with Gasteiger partial charge in [0, 0.05) is 19.6 Å². The Morgan fingerprint density at radius 1 is 1.38 bits per heavy atom. The number of nitrogens with one attached hydrogen (secondary N) is 1. The van der Waals surface area contributed by atoms with Crippen molar-refractivity contribution in [3.05, 3.63) is 36.9 Å². The molecule has 1 N–H and O–H groups in total. The number of carbonyl (C=O) groups is 1. The lowest BCUT2D eigenvalue weighted by atomic mass is 9.98. The molecule has 3 heterocycles. The van der Waals surface area contributed by atoms with Gasteiger partial charge in [-0.3, -0.25) is 10.00 Å². The summed E-state index contributed by atoms with van der Waals surface area (Å²) in [7, 11) is 0. The number of para-hydroxylation sites is 1. The maximum Gasteiger partial charge on any atom is 0.323 e. The molecule has 0 spiro atoms. The molecule has 1 atom stereocenters. The fourth-order valence-electron chi connectivity index (χ4n) is 3.09. The smallest absolute Gasteiger partial charge is 0.323 e. The molecule has 0 radical (unpaired) electrons. The SMILES string of the molecule is O=C(Nc1nc2ccccc2s1)N1CCC[C@@H](Cn2cncn2)C1. The summed E-state index contributed by atoms with van der Waals surface area (Å²) in [6.07, 6.45) is 5.37. The van der Waals surface area contributed by atoms with Gasteiger partial charge < -0.3 is 4.90 Å². The van der Waals surface area contributed by atoms with Gasteiger partial charge in [-0.05, 0) is 30.9 Å². The number of thiazole rings is 1. The van der Waals surface area contributed by atoms with E-state index < -0.39 is 0 Å². The van der Waals surface area contributed by atoms with Crippen LogP contribution in [0.4, 0.5) is 9.93 Å². The highest BCUT2D eigenvalue weighted by Gasteiger charge is 2.24. The molecule has 0 bridgehead atoms. The Kier molecular flexibility index (Phi) is 4.12. The highest BCUT2D eigenvalue weighted by Crippen LogP contribution is 2.26. The maximum absolute atomic E-state index is 12.5. The number of carbonyl (C=O) groups excluding carboxylic acids is 1. The first-order chi connectivity index (χ1) is 11.8. The third kappa shape index (κ3) is 3.23. The van der Waals surface area contributed by atoms with E-state index >= 15 is 0 Å². The molecule has 3 aromatic rings. The fourth-order valence-corrected chi connectivity index (χ4v) is 3.94. The highest BCUT2D eigenvalue weighted by molar-refractivity contribution is 7.22. The Hall–Kier alpha value is -2.48. The molecule has 4 rings (SSSR count). The zero-order valence-corrected chi connectivity index (χ0v) is 13.9. The van der Waals surface area contributed by atoms with Gasteiger partial charge in [0.1, 0.15) is 12.7 Å². The number of piperidine rings is 1. The van der Waals surface area contributed by atoms with Crippen LogP contribution in [0.5, 0.6) is 0 Å². The number of hydrogen-bond acceptors (Lipinski definition) is 5. The molecule has 1 aromatic carbocycles. The first kappa shape index (κ1) is 15.1. The van der Waals surface area contributed by atoms with Crippen molar-refractivity contribution < 1.29 is 4.79 Å². The van der Waals surface area contributed by atoms with Crippen LogP contribution in [0.3, 0.4) is 0 Å². The molecule has 8 heteroatoms. The van der Waals surface area contributed by atoms with Gasteiger partial charge in [-0.15, -0.1) is 0 Å². The van der Waals surface area contributed by atoms with E-state index in [4.69, 9.17) is 0 Å². The Labute approximate surface area is 143 Å². The zero-order valence-electron chi connectivity index (χ0n) is 13.1. The lowest BCUT2D eigenvalue weighted by Gasteiger charge is -2.32. The monoisotopic (exact) mass is 342 g/mol. The van der Waals surface area contributed by atoms with E-state index in [1.807, 2.05) is 33.8 Å². The van der Waals surface area contributed by atoms with Gasteiger partial charge >= 0.3 is 6.03 Å². The Morgan fingerprint density at radius 3 is 3.12 bits per heavy atom. The topological polar surface area (TPSA) is 75.9 Å². The minimum atomic E-state index is -0.0719. The van der Waals surface area contributed by atoms with Crippen molar-refractivity contribution in [3.8, 4) is 0 Å². The number of urea groups is 1. The average Bonchev–Trinajstić information content (AvgIpc) is 3.24. The van der Waals surface area contributed by atoms with E-state index in [0.717, 1.165) is 42.7 Å². The molecule has 1 aliphatic heterocycles. The number of amides is 2. The van der Waals surface area contributed by atoms with E-state index in [-0.39, 0.29) is 6.03 Å². The van der Waals surface area contributed by atoms with Crippen molar-refractivity contribution in [2.45, 2.75) is 19.4 Å². The fraction of sp³-hybridized carbons (Fsp3) is 0.375. The minimum Gasteiger partial charge on any atom is -0.324 e. The molecule has 2 amide bonds. The molecule has 1 aliphatic rings. The quantitative estimate of drug-likeness (QED) is 0.794. The van der Waals surface area contributed by atoms with Crippen molar-refractivity contribution >= 4 is 32.7 Å². The standard InChI is InChI=1S/C16H18N6OS/c23-16(20-15-19-13-5-1-2-6-14(13)24-15)21-7-3-4-12(8-21)9-22-11-17-10-18-22/h1-2,5-6,10-12H,3-4,7-9H2,(H,19,20,23)/t12-/m1/s1. The van der Waals surface area contributed by atoms with Crippen LogP contribution in [0.15, 0.2) is 36.9 Å². The van der Waals surface area contributed by atoms with Crippen LogP contribution in [0.25, 0.3) is 10.2 Å². The molecule has 24 heavy (non-hydrogen) atoms. The first-order valence-corrected chi connectivity index (χ1v) is 8.83. The molecular formula is C16H18N6OS. The number of aromatic nitrogens is 4. The first-order valence-electron chi connectivity index (χ1n) is 8.02. The summed E-state index contributed by atoms with van der Waals surface area (Å²) in [6.45, 7) is 2.31. The third-order valence-electron chi connectivity index (χ3n) is 4.23. The van der Waals surface area contributed by atoms with Crippen molar-refractivity contribution in [1.29, 1.82) is 0 Å². The van der Waals surface area contributed by atoms with Crippen molar-refractivity contribution in [2.75, 3.05) is 18.4 Å². The van der Waals surface area contributed by atoms with Crippen LogP contribution < -0.4 is 5.32 Å². The largest absolute Gasteiger partial charge is 0.324 e. The van der Waals surface area contributed by atoms with Gasteiger partial charge in [0.15, 0.2) is 5.13 Å². The lowest BCUT2D eigenvalue weighted by molar-refractivity contribution is 0.168. The number of nitrogens with zero attached hydrogens (tertiary/aromatic N) is 5. The van der Waals surface area contributed by atoms with Crippen molar-refractivity contribution in [3.63, 3.8) is 0 Å². The molecular weight excluding hydrogens is 324 g/mol. The zero-order chi connectivity index (χ0) is 16.4. The highest BCUT2D eigenvalue weighted by atomic mass is 32.1. The summed E-state index contributed by atoms with van der Waals surface area (Å²) >= 11 is 1.50. The summed E-state index contributed by atoms with van der Waals surface area (Å²) in [5, 5.41) is 7.74. The summed E-state index contributed by atoms with van der Waals surface area (Å²) in [5.41, 5.74) is 0.917. The summed E-state index contributed by atoms with van der Waals surface area (Å²) in [5.74, 6) is 0.404. The van der Waals surface area contributed by atoms with Crippen molar-refractivity contribution in [1.82, 2.24) is 24.6 Å². The Bertz CT molecular complexity index is 797. The lowest BCUT2D eigenvalue weighted by Crippen LogP contribution is -2.43. The summed E-state index contributed by atoms with van der Waals surface area (Å²) in [6, 6.07) is 7.82. The van der Waals surface area contributed by atoms with E-state index in [1.54, 1.807) is 12.7 Å². The summed E-state index contributed by atoms with van der Waals surface area (Å²) < 4.78 is 2.91. The van der Waals surface area contributed by atoms with Crippen LogP contribution in [0.1, 0.15) is 12.8 Å². The van der Waals surface area contributed by atoms with Crippen molar-refractivity contribution in [2.24, 2.45) is 5.92 Å². The van der Waals surface area contributed by atoms with Gasteiger partial charge in [0.25, 0.3) is 0 Å². The Balaban J connectivity index is 1.40. The van der Waals surface area contributed by atoms with Gasteiger partial charge in [0.05, 0.1) is 10.2 Å². The molecule has 2 aromatic heterocycles. The number of likely N-dealkylation sites (tertiary alicyclic amines) is 1. The van der Waals surface area contributed by atoms with Crippen LogP contribution >= 0.6 is 11.3 Å². The average molecular weight is 342 g/mol. The Morgan fingerprint density at radius 2 is 2.29 bits per heavy atom. The van der Waals surface area contributed by atoms with Crippen LogP contribution in [-0.2, 0) is 6.54 Å². The number of anilines is 1. The van der Waals surface area contributed by atoms with Crippen LogP contribution in [0.2, 0.25) is 0 Å². The van der Waals surface area contributed by atoms with Gasteiger partial charge in [-0.2, -0.15) is 5.10 Å². The molecule has 0 saturated carbocycles. The maximum atomic E-state index is 12.5. The summed E-state index contributed by atoms with van der Waals surface area (Å²) in [4.78, 5) is 22.8. The second kappa shape index (κ2) is 6.56. The molecule has 1 fully saturated rings. The molecule has 7 nitrogen and oxygen atoms in total. The van der Waals surface area contributed by atoms with Gasteiger partial charge in [-0.25, -0.2) is 14.8 Å². The van der Waals surface area contributed by atoms with Gasteiger partial charge in [0.2, 0.25) is 0 Å². The minimum absolute atomic E-state index is 0.0719. The predicted molar refractivity (Wildman–Crippen MR) is 93.0 cm³/mol. The molecule has 124 valence electrons. The number of rotatable bonds is 3. The van der Waals surface area contributed by atoms with E-state index in [1.165, 1.54) is 11.3 Å². The molecule has 0 unspecified atom stereocenters. The van der Waals surface area contributed by atoms with Crippen LogP contribution in [0, 0.1) is 5.92 Å². The number of benzene rings is 1. The van der Waals surface area contributed by atoms with Gasteiger partial charge in [-0.1, -0.05) is 23.5 Å². The van der Waals surface area contributed by atoms with E-state index in [2.05, 4.69) is 20.4 Å². The predicted octanol–water partition coefficient (Wildman–Crippen LogP) is 2.83. The second-order valence-electron chi connectivity index (χ2n) is 5.99. The molecule has 0 aliphatic carbocycles. The van der Waals surface area contributed by atoms with E-state index in [0.29, 0.717) is 11.0 Å². The number of hydrogen-bond donors (Lipinski definition) is 1. The van der Waals surface area contributed by atoms with E-state index in [9.17, 15) is 4.79 Å². The third-order valence-corrected chi connectivity index (χ3v) is 5.18.